The van der Waals surface area contributed by atoms with Gasteiger partial charge in [0.25, 0.3) is 0 Å². The largest absolute Gasteiger partial charge is 0.481 e. The predicted octanol–water partition coefficient (Wildman–Crippen LogP) is 4.09. The van der Waals surface area contributed by atoms with Crippen LogP contribution in [0.3, 0.4) is 0 Å². The first-order valence-corrected chi connectivity index (χ1v) is 9.70. The number of carboxylic acid groups (broad SMARTS) is 1. The SMILES string of the molecule is C[C@@]12CCC[C@@](C)(C(=O)O)[C@H]1CC[C@@]13C[C@H](CO)[C@@H](CC[C@H]12)C3. The van der Waals surface area contributed by atoms with Crippen molar-refractivity contribution in [3.05, 3.63) is 0 Å². The van der Waals surface area contributed by atoms with Gasteiger partial charge in [-0.1, -0.05) is 13.3 Å². The van der Waals surface area contributed by atoms with Crippen molar-refractivity contribution in [2.45, 2.75) is 71.6 Å². The molecule has 23 heavy (non-hydrogen) atoms. The van der Waals surface area contributed by atoms with Crippen LogP contribution >= 0.6 is 0 Å². The Hall–Kier alpha value is -0.570. The zero-order valence-electron chi connectivity index (χ0n) is 14.7. The Balaban J connectivity index is 1.71. The van der Waals surface area contributed by atoms with E-state index in [2.05, 4.69) is 6.92 Å². The summed E-state index contributed by atoms with van der Waals surface area (Å²) in [6, 6.07) is 0. The minimum atomic E-state index is -0.572. The number of rotatable bonds is 2. The van der Waals surface area contributed by atoms with Gasteiger partial charge in [-0.15, -0.1) is 0 Å². The molecule has 4 rings (SSSR count). The molecule has 0 aliphatic heterocycles. The fourth-order valence-electron chi connectivity index (χ4n) is 8.06. The van der Waals surface area contributed by atoms with Crippen LogP contribution in [0.5, 0.6) is 0 Å². The molecule has 0 saturated heterocycles. The minimum Gasteiger partial charge on any atom is -0.481 e. The lowest BCUT2D eigenvalue weighted by atomic mass is 9.41. The van der Waals surface area contributed by atoms with Gasteiger partial charge in [-0.25, -0.2) is 0 Å². The number of aliphatic hydroxyl groups is 1. The lowest BCUT2D eigenvalue weighted by Gasteiger charge is -2.63. The summed E-state index contributed by atoms with van der Waals surface area (Å²) in [6.07, 6.45) is 10.4. The monoisotopic (exact) mass is 320 g/mol. The van der Waals surface area contributed by atoms with E-state index < -0.39 is 11.4 Å². The zero-order valence-corrected chi connectivity index (χ0v) is 14.7. The van der Waals surface area contributed by atoms with E-state index in [1.807, 2.05) is 6.92 Å². The lowest BCUT2D eigenvalue weighted by Crippen LogP contribution is -2.58. The van der Waals surface area contributed by atoms with Crippen molar-refractivity contribution in [2.75, 3.05) is 6.61 Å². The van der Waals surface area contributed by atoms with Gasteiger partial charge in [0.1, 0.15) is 0 Å². The zero-order chi connectivity index (χ0) is 16.5. The highest BCUT2D eigenvalue weighted by Crippen LogP contribution is 2.72. The molecule has 0 radical (unpaired) electrons. The number of aliphatic carboxylic acids is 1. The van der Waals surface area contributed by atoms with Gasteiger partial charge in [-0.05, 0) is 92.8 Å². The van der Waals surface area contributed by atoms with Crippen molar-refractivity contribution < 1.29 is 15.0 Å². The van der Waals surface area contributed by atoms with Crippen molar-refractivity contribution in [3.63, 3.8) is 0 Å². The molecule has 2 bridgehead atoms. The van der Waals surface area contributed by atoms with Crippen LogP contribution in [0, 0.1) is 39.9 Å². The summed E-state index contributed by atoms with van der Waals surface area (Å²) >= 11 is 0. The third-order valence-electron chi connectivity index (χ3n) is 9.00. The third-order valence-corrected chi connectivity index (χ3v) is 9.00. The molecule has 4 aliphatic carbocycles. The van der Waals surface area contributed by atoms with Gasteiger partial charge in [-0.3, -0.25) is 4.79 Å². The Labute approximate surface area is 139 Å². The van der Waals surface area contributed by atoms with E-state index in [1.54, 1.807) is 0 Å². The molecular weight excluding hydrogens is 288 g/mol. The molecule has 4 saturated carbocycles. The highest BCUT2D eigenvalue weighted by Gasteiger charge is 2.65. The van der Waals surface area contributed by atoms with Gasteiger partial charge in [0.05, 0.1) is 5.41 Å². The second-order valence-corrected chi connectivity index (χ2v) is 9.78. The van der Waals surface area contributed by atoms with E-state index in [9.17, 15) is 15.0 Å². The Morgan fingerprint density at radius 3 is 2.52 bits per heavy atom. The first kappa shape index (κ1) is 15.9. The van der Waals surface area contributed by atoms with Crippen LogP contribution in [-0.4, -0.2) is 22.8 Å². The van der Waals surface area contributed by atoms with E-state index in [4.69, 9.17) is 0 Å². The van der Waals surface area contributed by atoms with Gasteiger partial charge in [0, 0.05) is 6.61 Å². The summed E-state index contributed by atoms with van der Waals surface area (Å²) in [6.45, 7) is 4.80. The van der Waals surface area contributed by atoms with Crippen LogP contribution in [0.4, 0.5) is 0 Å². The maximum Gasteiger partial charge on any atom is 0.309 e. The molecule has 0 heterocycles. The standard InChI is InChI=1S/C20H32O3/c1-18-7-3-8-19(2,17(22)23)15(18)6-9-20-10-13(4-5-16(18)20)14(11-20)12-21/h13-16,21H,3-12H2,1-2H3,(H,22,23)/t13-,14+,15-,16-,18+,19+,20+/m0/s1. The predicted molar refractivity (Wildman–Crippen MR) is 88.9 cm³/mol. The molecule has 4 aliphatic rings. The average molecular weight is 320 g/mol. The highest BCUT2D eigenvalue weighted by molar-refractivity contribution is 5.75. The summed E-state index contributed by atoms with van der Waals surface area (Å²) in [7, 11) is 0. The van der Waals surface area contributed by atoms with Crippen LogP contribution in [0.1, 0.15) is 71.6 Å². The fraction of sp³-hybridized carbons (Fsp3) is 0.950. The van der Waals surface area contributed by atoms with Gasteiger partial charge in [0.2, 0.25) is 0 Å². The van der Waals surface area contributed by atoms with E-state index in [0.717, 1.165) is 25.2 Å². The fourth-order valence-corrected chi connectivity index (χ4v) is 8.06. The Kier molecular flexibility index (Phi) is 3.44. The number of hydrogen-bond donors (Lipinski definition) is 2. The van der Waals surface area contributed by atoms with Gasteiger partial charge in [0.15, 0.2) is 0 Å². The highest BCUT2D eigenvalue weighted by atomic mass is 16.4. The van der Waals surface area contributed by atoms with Crippen LogP contribution < -0.4 is 0 Å². The number of aliphatic hydroxyl groups excluding tert-OH is 1. The molecule has 0 aromatic heterocycles. The molecule has 0 amide bonds. The summed E-state index contributed by atoms with van der Waals surface area (Å²) in [5.41, 5.74) is 0.0811. The topological polar surface area (TPSA) is 57.5 Å². The van der Waals surface area contributed by atoms with Crippen molar-refractivity contribution in [1.82, 2.24) is 0 Å². The maximum absolute atomic E-state index is 12.1. The number of hydrogen-bond acceptors (Lipinski definition) is 2. The van der Waals surface area contributed by atoms with E-state index in [0.29, 0.717) is 29.8 Å². The molecule has 7 atom stereocenters. The van der Waals surface area contributed by atoms with Crippen LogP contribution in [0.15, 0.2) is 0 Å². The first-order chi connectivity index (χ1) is 10.9. The van der Waals surface area contributed by atoms with Gasteiger partial charge in [-0.2, -0.15) is 0 Å². The molecule has 4 fully saturated rings. The number of carbonyl (C=O) groups is 1. The quantitative estimate of drug-likeness (QED) is 0.805. The van der Waals surface area contributed by atoms with Crippen LogP contribution in [0.2, 0.25) is 0 Å². The summed E-state index contributed by atoms with van der Waals surface area (Å²) in [4.78, 5) is 12.1. The average Bonchev–Trinajstić information content (AvgIpc) is 2.77. The normalized spacial score (nSPS) is 55.1. The smallest absolute Gasteiger partial charge is 0.309 e. The van der Waals surface area contributed by atoms with Gasteiger partial charge < -0.3 is 10.2 Å². The van der Waals surface area contributed by atoms with Crippen LogP contribution in [-0.2, 0) is 4.79 Å². The van der Waals surface area contributed by atoms with Gasteiger partial charge >= 0.3 is 5.97 Å². The molecule has 130 valence electrons. The Morgan fingerprint density at radius 1 is 1.04 bits per heavy atom. The van der Waals surface area contributed by atoms with E-state index >= 15 is 0 Å². The molecule has 1 spiro atoms. The number of fused-ring (bicyclic) bond motifs is 3. The molecule has 3 heteroatoms. The molecular formula is C20H32O3. The second kappa shape index (κ2) is 4.97. The van der Waals surface area contributed by atoms with Crippen molar-refractivity contribution in [1.29, 1.82) is 0 Å². The molecule has 2 N–H and O–H groups in total. The minimum absolute atomic E-state index is 0.193. The number of carboxylic acids is 1. The Morgan fingerprint density at radius 2 is 1.83 bits per heavy atom. The van der Waals surface area contributed by atoms with Crippen LogP contribution in [0.25, 0.3) is 0 Å². The molecule has 0 aromatic carbocycles. The molecule has 3 nitrogen and oxygen atoms in total. The van der Waals surface area contributed by atoms with Crippen molar-refractivity contribution in [2.24, 2.45) is 39.9 Å². The van der Waals surface area contributed by atoms with Crippen molar-refractivity contribution in [3.8, 4) is 0 Å². The second-order valence-electron chi connectivity index (χ2n) is 9.78. The van der Waals surface area contributed by atoms with E-state index in [-0.39, 0.29) is 5.41 Å². The maximum atomic E-state index is 12.1. The Bertz CT molecular complexity index is 517. The lowest BCUT2D eigenvalue weighted by molar-refractivity contribution is -0.181. The molecule has 0 aromatic rings. The summed E-state index contributed by atoms with van der Waals surface area (Å²) in [5, 5.41) is 19.7. The third kappa shape index (κ3) is 1.95. The van der Waals surface area contributed by atoms with E-state index in [1.165, 1.54) is 38.5 Å². The first-order valence-electron chi connectivity index (χ1n) is 9.70. The van der Waals surface area contributed by atoms with Crippen molar-refractivity contribution >= 4 is 5.97 Å². The molecule has 0 unspecified atom stereocenters. The summed E-state index contributed by atoms with van der Waals surface area (Å²) < 4.78 is 0. The summed E-state index contributed by atoms with van der Waals surface area (Å²) in [5.74, 6) is 1.68.